The van der Waals surface area contributed by atoms with Gasteiger partial charge in [0.2, 0.25) is 5.75 Å². The summed E-state index contributed by atoms with van der Waals surface area (Å²) in [6, 6.07) is 18.6. The third-order valence-corrected chi connectivity index (χ3v) is 5.94. The van der Waals surface area contributed by atoms with Gasteiger partial charge in [-0.2, -0.15) is 0 Å². The maximum absolute atomic E-state index is 13.7. The Kier molecular flexibility index (Phi) is 5.81. The van der Waals surface area contributed by atoms with Crippen molar-refractivity contribution >= 4 is 39.6 Å². The number of nitrogens with two attached hydrogens (primary N) is 1. The van der Waals surface area contributed by atoms with E-state index in [2.05, 4.69) is 5.32 Å². The van der Waals surface area contributed by atoms with E-state index in [1.54, 1.807) is 16.7 Å². The molecule has 0 radical (unpaired) electrons. The molecule has 0 saturated heterocycles. The van der Waals surface area contributed by atoms with Crippen molar-refractivity contribution in [1.29, 1.82) is 0 Å². The predicted octanol–water partition coefficient (Wildman–Crippen LogP) is 4.74. The van der Waals surface area contributed by atoms with Crippen LogP contribution in [0.5, 0.6) is 17.2 Å². The topological polar surface area (TPSA) is 114 Å². The highest BCUT2D eigenvalue weighted by atomic mass is 16.5. The molecular formula is C27H25N5O4. The van der Waals surface area contributed by atoms with Gasteiger partial charge in [0.1, 0.15) is 16.9 Å². The molecule has 0 saturated carbocycles. The van der Waals surface area contributed by atoms with Crippen molar-refractivity contribution in [3.05, 3.63) is 71.8 Å². The smallest absolute Gasteiger partial charge is 0.261 e. The van der Waals surface area contributed by atoms with E-state index in [0.29, 0.717) is 45.1 Å². The van der Waals surface area contributed by atoms with Gasteiger partial charge in [0.15, 0.2) is 17.1 Å². The molecule has 1 amide bonds. The number of methoxy groups -OCH3 is 3. The first-order valence-electron chi connectivity index (χ1n) is 11.2. The third-order valence-electron chi connectivity index (χ3n) is 5.94. The summed E-state index contributed by atoms with van der Waals surface area (Å²) >= 11 is 0. The van der Waals surface area contributed by atoms with Crippen LogP contribution in [0.15, 0.2) is 60.7 Å². The number of hydrogen-bond donors (Lipinski definition) is 2. The number of rotatable bonds is 6. The summed E-state index contributed by atoms with van der Waals surface area (Å²) in [6.45, 7) is 2.00. The highest BCUT2D eigenvalue weighted by Gasteiger charge is 2.25. The van der Waals surface area contributed by atoms with E-state index in [9.17, 15) is 4.79 Å². The zero-order valence-electron chi connectivity index (χ0n) is 20.3. The molecule has 182 valence electrons. The van der Waals surface area contributed by atoms with E-state index < -0.39 is 5.91 Å². The zero-order valence-corrected chi connectivity index (χ0v) is 20.3. The fourth-order valence-electron chi connectivity index (χ4n) is 4.19. The molecule has 9 nitrogen and oxygen atoms in total. The highest BCUT2D eigenvalue weighted by molar-refractivity contribution is 6.16. The lowest BCUT2D eigenvalue weighted by molar-refractivity contribution is 0.102. The lowest BCUT2D eigenvalue weighted by Gasteiger charge is -2.14. The number of aromatic nitrogens is 3. The van der Waals surface area contributed by atoms with Gasteiger partial charge in [0.05, 0.1) is 32.4 Å². The molecular weight excluding hydrogens is 458 g/mol. The molecule has 0 unspecified atom stereocenters. The number of carbonyl (C=O) groups excluding carboxylic acids is 1. The van der Waals surface area contributed by atoms with Crippen LogP contribution in [0.4, 0.5) is 11.5 Å². The quantitative estimate of drug-likeness (QED) is 0.358. The van der Waals surface area contributed by atoms with E-state index in [1.807, 2.05) is 55.5 Å². The van der Waals surface area contributed by atoms with Crippen LogP contribution in [-0.2, 0) is 0 Å². The Morgan fingerprint density at radius 1 is 0.889 bits per heavy atom. The molecule has 9 heteroatoms. The van der Waals surface area contributed by atoms with Crippen molar-refractivity contribution in [3.63, 3.8) is 0 Å². The highest BCUT2D eigenvalue weighted by Crippen LogP contribution is 2.40. The van der Waals surface area contributed by atoms with Crippen LogP contribution in [-0.4, -0.2) is 41.8 Å². The van der Waals surface area contributed by atoms with Gasteiger partial charge < -0.3 is 25.3 Å². The van der Waals surface area contributed by atoms with Crippen LogP contribution < -0.4 is 25.3 Å². The Morgan fingerprint density at radius 2 is 1.50 bits per heavy atom. The fourth-order valence-corrected chi connectivity index (χ4v) is 4.19. The molecule has 5 aromatic rings. The largest absolute Gasteiger partial charge is 0.493 e. The molecule has 3 aromatic carbocycles. The molecule has 0 spiro atoms. The number of fused-ring (bicyclic) bond motifs is 2. The number of amides is 1. The minimum absolute atomic E-state index is 0.220. The molecule has 36 heavy (non-hydrogen) atoms. The zero-order chi connectivity index (χ0) is 25.4. The normalized spacial score (nSPS) is 11.0. The van der Waals surface area contributed by atoms with Crippen molar-refractivity contribution in [2.45, 2.75) is 6.92 Å². The second-order valence-corrected chi connectivity index (χ2v) is 8.18. The first-order chi connectivity index (χ1) is 17.4. The summed E-state index contributed by atoms with van der Waals surface area (Å²) in [7, 11) is 4.54. The Hall–Kier alpha value is -4.79. The first-order valence-corrected chi connectivity index (χ1v) is 11.2. The molecule has 2 heterocycles. The average Bonchev–Trinajstić information content (AvgIpc) is 3.17. The minimum Gasteiger partial charge on any atom is -0.493 e. The summed E-state index contributed by atoms with van der Waals surface area (Å²) < 4.78 is 18.0. The van der Waals surface area contributed by atoms with Gasteiger partial charge in [-0.15, -0.1) is 0 Å². The summed E-state index contributed by atoms with van der Waals surface area (Å²) in [5.41, 5.74) is 11.4. The second-order valence-electron chi connectivity index (χ2n) is 8.18. The predicted molar refractivity (Wildman–Crippen MR) is 140 cm³/mol. The van der Waals surface area contributed by atoms with Crippen LogP contribution in [0.25, 0.3) is 27.9 Å². The monoisotopic (exact) mass is 483 g/mol. The lowest BCUT2D eigenvalue weighted by atomic mass is 10.2. The number of nitrogens with zero attached hydrogens (tertiary/aromatic N) is 3. The number of anilines is 2. The summed E-state index contributed by atoms with van der Waals surface area (Å²) in [4.78, 5) is 23.2. The molecule has 0 bridgehead atoms. The van der Waals surface area contributed by atoms with Crippen LogP contribution in [0.1, 0.15) is 15.9 Å². The number of para-hydroxylation sites is 2. The molecule has 2 aromatic heterocycles. The number of aryl methyl sites for hydroxylation is 1. The van der Waals surface area contributed by atoms with Crippen LogP contribution in [0, 0.1) is 6.92 Å². The van der Waals surface area contributed by atoms with Gasteiger partial charge in [-0.05, 0) is 31.2 Å². The Labute approximate surface area is 207 Å². The third kappa shape index (κ3) is 3.80. The van der Waals surface area contributed by atoms with Gasteiger partial charge in [-0.3, -0.25) is 9.36 Å². The Morgan fingerprint density at radius 3 is 2.08 bits per heavy atom. The van der Waals surface area contributed by atoms with E-state index >= 15 is 0 Å². The van der Waals surface area contributed by atoms with Crippen LogP contribution >= 0.6 is 0 Å². The molecule has 3 N–H and O–H groups in total. The summed E-state index contributed by atoms with van der Waals surface area (Å²) in [6.07, 6.45) is 0. The standard InChI is InChI=1S/C27H25N5O4/c1-15-9-11-17(12-10-15)32-25(28)22(23-26(32)31-19-8-6-5-7-18(19)30-23)27(33)29-16-13-20(34-2)24(36-4)21(14-16)35-3/h5-14H,28H2,1-4H3,(H,29,33). The molecule has 0 fully saturated rings. The fraction of sp³-hybridized carbons (Fsp3) is 0.148. The van der Waals surface area contributed by atoms with E-state index in [-0.39, 0.29) is 11.4 Å². The minimum atomic E-state index is -0.442. The molecule has 5 rings (SSSR count). The van der Waals surface area contributed by atoms with E-state index in [4.69, 9.17) is 29.9 Å². The number of nitrogen functional groups attached to an aromatic ring is 1. The van der Waals surface area contributed by atoms with Crippen molar-refractivity contribution in [1.82, 2.24) is 14.5 Å². The number of hydrogen-bond acceptors (Lipinski definition) is 7. The maximum atomic E-state index is 13.7. The van der Waals surface area contributed by atoms with Gasteiger partial charge in [-0.1, -0.05) is 29.8 Å². The van der Waals surface area contributed by atoms with E-state index in [1.165, 1.54) is 21.3 Å². The number of benzene rings is 3. The second kappa shape index (κ2) is 9.10. The first kappa shape index (κ1) is 23.0. The average molecular weight is 484 g/mol. The van der Waals surface area contributed by atoms with Crippen molar-refractivity contribution in [2.75, 3.05) is 32.4 Å². The number of carbonyl (C=O) groups is 1. The van der Waals surface area contributed by atoms with Crippen LogP contribution in [0.2, 0.25) is 0 Å². The van der Waals surface area contributed by atoms with Crippen molar-refractivity contribution in [3.8, 4) is 22.9 Å². The molecule has 0 aliphatic rings. The number of ether oxygens (including phenoxy) is 3. The number of nitrogens with one attached hydrogen (secondary N) is 1. The van der Waals surface area contributed by atoms with Crippen LogP contribution in [0.3, 0.4) is 0 Å². The Bertz CT molecular complexity index is 1580. The summed E-state index contributed by atoms with van der Waals surface area (Å²) in [5, 5.41) is 2.90. The van der Waals surface area contributed by atoms with Gasteiger partial charge in [0, 0.05) is 23.5 Å². The van der Waals surface area contributed by atoms with Gasteiger partial charge >= 0.3 is 0 Å². The lowest BCUT2D eigenvalue weighted by Crippen LogP contribution is -2.15. The van der Waals surface area contributed by atoms with Gasteiger partial charge in [0.25, 0.3) is 5.91 Å². The molecule has 0 atom stereocenters. The molecule has 0 aliphatic carbocycles. The van der Waals surface area contributed by atoms with Gasteiger partial charge in [-0.25, -0.2) is 9.97 Å². The Balaban J connectivity index is 1.69. The van der Waals surface area contributed by atoms with E-state index in [0.717, 1.165) is 11.3 Å². The maximum Gasteiger partial charge on any atom is 0.261 e. The molecule has 0 aliphatic heterocycles. The SMILES string of the molecule is COc1cc(NC(=O)c2c(N)n(-c3ccc(C)cc3)c3nc4ccccc4nc23)cc(OC)c1OC. The van der Waals surface area contributed by atoms with Crippen molar-refractivity contribution in [2.24, 2.45) is 0 Å². The summed E-state index contributed by atoms with van der Waals surface area (Å²) in [5.74, 6) is 1.03. The van der Waals surface area contributed by atoms with Crippen molar-refractivity contribution < 1.29 is 19.0 Å².